The van der Waals surface area contributed by atoms with Crippen LogP contribution in [0.3, 0.4) is 0 Å². The number of aromatic amines is 1. The topological polar surface area (TPSA) is 227 Å². The zero-order chi connectivity index (χ0) is 47.9. The maximum absolute atomic E-state index is 13.1. The quantitative estimate of drug-likeness (QED) is 0.0262. The number of anilines is 1. The summed E-state index contributed by atoms with van der Waals surface area (Å²) in [6.45, 7) is 9.04. The monoisotopic (exact) mass is 940 g/mol. The normalized spacial score (nSPS) is 17.7. The van der Waals surface area contributed by atoms with Gasteiger partial charge in [0.2, 0.25) is 5.91 Å². The molecular weight excluding hydrogens is 884 g/mol. The van der Waals surface area contributed by atoms with Crippen LogP contribution in [0, 0.1) is 22.7 Å². The lowest BCUT2D eigenvalue weighted by Crippen LogP contribution is -2.43. The second-order valence-corrected chi connectivity index (χ2v) is 17.2. The van der Waals surface area contributed by atoms with Crippen LogP contribution in [0.2, 0.25) is 0 Å². The van der Waals surface area contributed by atoms with E-state index in [1.165, 1.54) is 13.3 Å². The zero-order valence-electron chi connectivity index (χ0n) is 38.6. The minimum atomic E-state index is -1.92. The van der Waals surface area contributed by atoms with Crippen LogP contribution in [0.25, 0.3) is 11.2 Å². The van der Waals surface area contributed by atoms with Gasteiger partial charge in [-0.05, 0) is 68.7 Å². The fraction of sp³-hybridized carbons (Fsp3) is 0.447. The number of carbonyl (C=O) groups excluding carboxylic acids is 1. The molecule has 1 fully saturated rings. The van der Waals surface area contributed by atoms with Gasteiger partial charge in [0.05, 0.1) is 65.3 Å². The third-order valence-corrected chi connectivity index (χ3v) is 12.8. The number of aromatic nitrogens is 4. The Kier molecular flexibility index (Phi) is 18.3. The SMILES string of the molecule is COc1ccc(C(OCC2OC(n3cnc4c(NC(C)=O)[nH]c(=O)nc43)C(OCOCOCCC#N)C2OP(OCCC#N)N(C(C)C)C(C)C)(c2ccccc2)c2ccc(OC)cc2)cc1. The molecule has 1 saturated heterocycles. The predicted molar refractivity (Wildman–Crippen MR) is 247 cm³/mol. The predicted octanol–water partition coefficient (Wildman–Crippen LogP) is 6.91. The molecular formula is C47H57N8O11P. The highest BCUT2D eigenvalue weighted by Gasteiger charge is 2.52. The number of ether oxygens (including phenoxy) is 7. The van der Waals surface area contributed by atoms with E-state index in [0.717, 1.165) is 16.7 Å². The van der Waals surface area contributed by atoms with Gasteiger partial charge >= 0.3 is 5.69 Å². The van der Waals surface area contributed by atoms with Gasteiger partial charge in [-0.25, -0.2) is 14.4 Å². The summed E-state index contributed by atoms with van der Waals surface area (Å²) in [4.78, 5) is 36.7. The molecule has 2 aromatic heterocycles. The molecule has 0 radical (unpaired) electrons. The Morgan fingerprint density at radius 2 is 1.49 bits per heavy atom. The Bertz CT molecular complexity index is 2440. The average Bonchev–Trinajstić information content (AvgIpc) is 3.89. The molecule has 3 aromatic carbocycles. The second-order valence-electron chi connectivity index (χ2n) is 15.8. The van der Waals surface area contributed by atoms with Crippen LogP contribution in [-0.2, 0) is 43.1 Å². The van der Waals surface area contributed by atoms with Gasteiger partial charge in [0.1, 0.15) is 60.3 Å². The summed E-state index contributed by atoms with van der Waals surface area (Å²) in [5, 5.41) is 21.2. The molecule has 1 aliphatic heterocycles. The minimum absolute atomic E-state index is 0.0489. The third kappa shape index (κ3) is 12.2. The molecule has 0 bridgehead atoms. The number of rotatable bonds is 25. The number of H-pyrrole nitrogens is 1. The van der Waals surface area contributed by atoms with Crippen molar-refractivity contribution < 1.29 is 47.0 Å². The van der Waals surface area contributed by atoms with Gasteiger partial charge in [-0.2, -0.15) is 15.5 Å². The summed E-state index contributed by atoms with van der Waals surface area (Å²) in [7, 11) is 1.29. The lowest BCUT2D eigenvalue weighted by atomic mass is 9.80. The van der Waals surface area contributed by atoms with Gasteiger partial charge in [-0.1, -0.05) is 54.6 Å². The number of imidazole rings is 1. The fourth-order valence-corrected chi connectivity index (χ4v) is 9.60. The van der Waals surface area contributed by atoms with E-state index in [1.807, 2.05) is 113 Å². The van der Waals surface area contributed by atoms with Crippen LogP contribution >= 0.6 is 8.53 Å². The summed E-state index contributed by atoms with van der Waals surface area (Å²) in [5.74, 6) is 0.920. The number of amides is 1. The summed E-state index contributed by atoms with van der Waals surface area (Å²) >= 11 is 0. The molecule has 5 aromatic rings. The standard InChI is InChI=1S/C47H57N8O11P/c1-31(2)55(32(3)4)67(64-26-12-24-49)66-41-39(27-63-47(34-13-9-8-10-14-34,35-15-19-37(58-6)20-16-35)36-17-21-38(59-7)22-18-36)65-45(42(41)62-30-61-29-60-25-11-23-48)54-28-50-40-43(51-33(5)56)52-46(57)53-44(40)54/h8-10,13-22,28,31-32,39,41-42,45H,11-12,25-27,29-30H2,1-7H3,(H2,51,52,53,56,57). The number of methoxy groups -OCH3 is 2. The van der Waals surface area contributed by atoms with Crippen molar-refractivity contribution in [2.24, 2.45) is 0 Å². The number of nitrogens with one attached hydrogen (secondary N) is 2. The van der Waals surface area contributed by atoms with E-state index in [2.05, 4.69) is 31.0 Å². The largest absolute Gasteiger partial charge is 0.497 e. The van der Waals surface area contributed by atoms with E-state index in [-0.39, 0.29) is 75.3 Å². The summed E-state index contributed by atoms with van der Waals surface area (Å²) in [5.41, 5.74) is 0.605. The third-order valence-electron chi connectivity index (χ3n) is 10.7. The first kappa shape index (κ1) is 50.6. The molecule has 5 atom stereocenters. The van der Waals surface area contributed by atoms with E-state index in [4.69, 9.17) is 47.5 Å². The van der Waals surface area contributed by atoms with Crippen LogP contribution < -0.4 is 20.5 Å². The first-order valence-electron chi connectivity index (χ1n) is 21.7. The van der Waals surface area contributed by atoms with Crippen molar-refractivity contribution in [3.63, 3.8) is 0 Å². The van der Waals surface area contributed by atoms with Crippen LogP contribution in [0.5, 0.6) is 11.5 Å². The molecule has 6 rings (SSSR count). The summed E-state index contributed by atoms with van der Waals surface area (Å²) in [6.07, 6.45) is -2.39. The molecule has 1 amide bonds. The van der Waals surface area contributed by atoms with Crippen molar-refractivity contribution in [1.29, 1.82) is 10.5 Å². The molecule has 19 nitrogen and oxygen atoms in total. The summed E-state index contributed by atoms with van der Waals surface area (Å²) in [6, 6.07) is 29.1. The molecule has 1 aliphatic rings. The van der Waals surface area contributed by atoms with Crippen molar-refractivity contribution in [3.05, 3.63) is 112 Å². The first-order valence-corrected chi connectivity index (χ1v) is 22.9. The first-order chi connectivity index (χ1) is 32.4. The maximum Gasteiger partial charge on any atom is 0.348 e. The van der Waals surface area contributed by atoms with E-state index in [0.29, 0.717) is 11.5 Å². The minimum Gasteiger partial charge on any atom is -0.497 e. The van der Waals surface area contributed by atoms with Crippen LogP contribution in [0.4, 0.5) is 5.82 Å². The number of fused-ring (bicyclic) bond motifs is 1. The summed E-state index contributed by atoms with van der Waals surface area (Å²) < 4.78 is 60.6. The molecule has 5 unspecified atom stereocenters. The van der Waals surface area contributed by atoms with Gasteiger partial charge in [0, 0.05) is 19.0 Å². The van der Waals surface area contributed by atoms with Gasteiger partial charge in [0.15, 0.2) is 11.9 Å². The number of nitriles is 2. The molecule has 0 spiro atoms. The average molecular weight is 941 g/mol. The molecule has 3 heterocycles. The van der Waals surface area contributed by atoms with Crippen molar-refractivity contribution >= 4 is 31.4 Å². The van der Waals surface area contributed by atoms with Crippen LogP contribution in [-0.4, -0.2) is 108 Å². The highest BCUT2D eigenvalue weighted by molar-refractivity contribution is 7.44. The number of nitrogens with zero attached hydrogens (tertiary/aromatic N) is 6. The van der Waals surface area contributed by atoms with Crippen LogP contribution in [0.1, 0.15) is 70.4 Å². The smallest absolute Gasteiger partial charge is 0.348 e. The Balaban J connectivity index is 1.52. The number of hydrogen-bond donors (Lipinski definition) is 2. The molecule has 356 valence electrons. The van der Waals surface area contributed by atoms with Crippen LogP contribution in [0.15, 0.2) is 90.0 Å². The molecule has 67 heavy (non-hydrogen) atoms. The number of carbonyl (C=O) groups is 1. The zero-order valence-corrected chi connectivity index (χ0v) is 39.5. The lowest BCUT2D eigenvalue weighted by Gasteiger charge is -2.39. The molecule has 0 aliphatic carbocycles. The Hall–Kier alpha value is -5.83. The van der Waals surface area contributed by atoms with E-state index in [9.17, 15) is 14.9 Å². The van der Waals surface area contributed by atoms with Gasteiger partial charge in [-0.15, -0.1) is 0 Å². The molecule has 20 heteroatoms. The van der Waals surface area contributed by atoms with Gasteiger partial charge in [-0.3, -0.25) is 14.3 Å². The molecule has 2 N–H and O–H groups in total. The van der Waals surface area contributed by atoms with Gasteiger partial charge in [0.25, 0.3) is 8.53 Å². The van der Waals surface area contributed by atoms with Crippen molar-refractivity contribution in [3.8, 4) is 23.6 Å². The Morgan fingerprint density at radius 3 is 2.07 bits per heavy atom. The van der Waals surface area contributed by atoms with E-state index in [1.54, 1.807) is 18.8 Å². The Labute approximate surface area is 390 Å². The van der Waals surface area contributed by atoms with E-state index >= 15 is 0 Å². The highest BCUT2D eigenvalue weighted by Crippen LogP contribution is 2.51. The lowest BCUT2D eigenvalue weighted by molar-refractivity contribution is -0.173. The number of hydrogen-bond acceptors (Lipinski definition) is 16. The molecule has 0 saturated carbocycles. The van der Waals surface area contributed by atoms with Crippen molar-refractivity contribution in [1.82, 2.24) is 24.2 Å². The van der Waals surface area contributed by atoms with Crippen molar-refractivity contribution in [2.75, 3.05) is 52.9 Å². The van der Waals surface area contributed by atoms with Gasteiger partial charge < -0.3 is 47.5 Å². The van der Waals surface area contributed by atoms with Crippen molar-refractivity contribution in [2.45, 2.75) is 89.7 Å². The maximum atomic E-state index is 13.1. The highest BCUT2D eigenvalue weighted by atomic mass is 31.2. The Morgan fingerprint density at radius 1 is 0.881 bits per heavy atom. The fourth-order valence-electron chi connectivity index (χ4n) is 7.83. The van der Waals surface area contributed by atoms with E-state index < -0.39 is 50.3 Å². The number of benzene rings is 3. The second kappa shape index (κ2) is 24.3.